The minimum Gasteiger partial charge on any atom is -0.489 e. The molecule has 2 aromatic carbocycles. The second-order valence-corrected chi connectivity index (χ2v) is 7.13. The topological polar surface area (TPSA) is 102 Å². The number of nitrogens with zero attached hydrogens (tertiary/aromatic N) is 2. The number of ether oxygens (including phenoxy) is 1. The minimum atomic E-state index is -0.643. The first kappa shape index (κ1) is 17.4. The molecule has 0 aliphatic carbocycles. The number of imide groups is 1. The van der Waals surface area contributed by atoms with Gasteiger partial charge >= 0.3 is 0 Å². The van der Waals surface area contributed by atoms with Gasteiger partial charge in [0.25, 0.3) is 5.91 Å². The second-order valence-electron chi connectivity index (χ2n) is 7.13. The zero-order chi connectivity index (χ0) is 20.0. The van der Waals surface area contributed by atoms with Gasteiger partial charge in [-0.25, -0.2) is 4.98 Å². The van der Waals surface area contributed by atoms with Crippen molar-refractivity contribution in [1.29, 1.82) is 0 Å². The summed E-state index contributed by atoms with van der Waals surface area (Å²) in [6.45, 7) is 0.588. The van der Waals surface area contributed by atoms with Crippen molar-refractivity contribution < 1.29 is 23.5 Å². The van der Waals surface area contributed by atoms with Crippen LogP contribution in [0.5, 0.6) is 5.75 Å². The zero-order valence-corrected chi connectivity index (χ0v) is 15.4. The maximum absolute atomic E-state index is 12.9. The molecule has 1 saturated heterocycles. The highest BCUT2D eigenvalue weighted by Crippen LogP contribution is 2.34. The maximum Gasteiger partial charge on any atom is 0.255 e. The molecule has 146 valence electrons. The number of fused-ring (bicyclic) bond motifs is 2. The molecule has 0 radical (unpaired) electrons. The highest BCUT2D eigenvalue weighted by molar-refractivity contribution is 6.05. The van der Waals surface area contributed by atoms with E-state index in [1.54, 1.807) is 12.1 Å². The Bertz CT molecular complexity index is 1150. The largest absolute Gasteiger partial charge is 0.489 e. The fraction of sp³-hybridized carbons (Fsp3) is 0.238. The average Bonchev–Trinajstić information content (AvgIpc) is 3.31. The molecule has 1 atom stereocenters. The van der Waals surface area contributed by atoms with Crippen LogP contribution in [0.2, 0.25) is 0 Å². The highest BCUT2D eigenvalue weighted by atomic mass is 16.5. The molecule has 0 saturated carbocycles. The van der Waals surface area contributed by atoms with Gasteiger partial charge in [0.05, 0.1) is 6.54 Å². The quantitative estimate of drug-likeness (QED) is 0.684. The third-order valence-electron chi connectivity index (χ3n) is 5.33. The first-order valence-corrected chi connectivity index (χ1v) is 9.31. The molecule has 2 aliphatic heterocycles. The Balaban J connectivity index is 1.36. The Labute approximate surface area is 165 Å². The molecule has 3 amide bonds. The van der Waals surface area contributed by atoms with Crippen LogP contribution in [0, 0.1) is 0 Å². The van der Waals surface area contributed by atoms with E-state index in [0.29, 0.717) is 29.9 Å². The number of carbonyl (C=O) groups is 3. The van der Waals surface area contributed by atoms with Gasteiger partial charge in [-0.05, 0) is 36.2 Å². The van der Waals surface area contributed by atoms with E-state index in [-0.39, 0.29) is 24.8 Å². The van der Waals surface area contributed by atoms with Crippen LogP contribution < -0.4 is 10.1 Å². The van der Waals surface area contributed by atoms with Crippen molar-refractivity contribution in [3.05, 3.63) is 59.5 Å². The van der Waals surface area contributed by atoms with Crippen molar-refractivity contribution in [1.82, 2.24) is 15.2 Å². The van der Waals surface area contributed by atoms with Crippen LogP contribution in [0.1, 0.15) is 34.3 Å². The molecule has 8 heteroatoms. The molecule has 8 nitrogen and oxygen atoms in total. The zero-order valence-electron chi connectivity index (χ0n) is 15.4. The smallest absolute Gasteiger partial charge is 0.255 e. The first-order valence-electron chi connectivity index (χ1n) is 9.31. The molecule has 0 spiro atoms. The Kier molecular flexibility index (Phi) is 4.04. The van der Waals surface area contributed by atoms with Crippen LogP contribution in [0.3, 0.4) is 0 Å². The second kappa shape index (κ2) is 6.73. The SMILES string of the molecule is O=C1CCC(N2Cc3c(OCc4ccc5ocnc5c4)cccc3C2=O)C(=O)N1. The van der Waals surface area contributed by atoms with Crippen LogP contribution in [-0.2, 0) is 22.7 Å². The van der Waals surface area contributed by atoms with E-state index in [1.165, 1.54) is 11.3 Å². The summed E-state index contributed by atoms with van der Waals surface area (Å²) in [4.78, 5) is 42.1. The lowest BCUT2D eigenvalue weighted by atomic mass is 10.0. The number of nitrogens with one attached hydrogen (secondary N) is 1. The van der Waals surface area contributed by atoms with E-state index in [9.17, 15) is 14.4 Å². The lowest BCUT2D eigenvalue weighted by molar-refractivity contribution is -0.136. The number of amides is 3. The lowest BCUT2D eigenvalue weighted by Crippen LogP contribution is -2.52. The Hall–Kier alpha value is -3.68. The van der Waals surface area contributed by atoms with Gasteiger partial charge in [0.1, 0.15) is 23.9 Å². The predicted molar refractivity (Wildman–Crippen MR) is 101 cm³/mol. The molecular formula is C21H17N3O5. The monoisotopic (exact) mass is 391 g/mol. The molecule has 1 N–H and O–H groups in total. The van der Waals surface area contributed by atoms with E-state index in [0.717, 1.165) is 16.6 Å². The summed E-state index contributed by atoms with van der Waals surface area (Å²) in [5.41, 5.74) is 3.67. The highest BCUT2D eigenvalue weighted by Gasteiger charge is 2.40. The summed E-state index contributed by atoms with van der Waals surface area (Å²) < 4.78 is 11.2. The number of benzene rings is 2. The van der Waals surface area contributed by atoms with Gasteiger partial charge in [0, 0.05) is 17.5 Å². The van der Waals surface area contributed by atoms with E-state index in [1.807, 2.05) is 24.3 Å². The molecule has 1 aromatic heterocycles. The van der Waals surface area contributed by atoms with Crippen LogP contribution in [0.25, 0.3) is 11.1 Å². The summed E-state index contributed by atoms with van der Waals surface area (Å²) >= 11 is 0. The van der Waals surface area contributed by atoms with Gasteiger partial charge in [0.15, 0.2) is 12.0 Å². The third kappa shape index (κ3) is 3.02. The maximum atomic E-state index is 12.9. The number of rotatable bonds is 4. The molecule has 5 rings (SSSR count). The van der Waals surface area contributed by atoms with Crippen molar-refractivity contribution in [2.45, 2.75) is 32.0 Å². The molecule has 0 bridgehead atoms. The van der Waals surface area contributed by atoms with Gasteiger partial charge < -0.3 is 14.1 Å². The molecule has 3 heterocycles. The van der Waals surface area contributed by atoms with E-state index in [2.05, 4.69) is 10.3 Å². The Morgan fingerprint density at radius 3 is 2.97 bits per heavy atom. The third-order valence-corrected chi connectivity index (χ3v) is 5.33. The minimum absolute atomic E-state index is 0.219. The van der Waals surface area contributed by atoms with Gasteiger partial charge in [-0.1, -0.05) is 12.1 Å². The predicted octanol–water partition coefficient (Wildman–Crippen LogP) is 2.17. The molecule has 2 aliphatic rings. The van der Waals surface area contributed by atoms with Crippen molar-refractivity contribution >= 4 is 28.8 Å². The molecule has 3 aromatic rings. The number of hydrogen-bond donors (Lipinski definition) is 1. The van der Waals surface area contributed by atoms with Crippen molar-refractivity contribution in [3.8, 4) is 5.75 Å². The van der Waals surface area contributed by atoms with Crippen molar-refractivity contribution in [2.24, 2.45) is 0 Å². The fourth-order valence-electron chi connectivity index (χ4n) is 3.85. The Morgan fingerprint density at radius 1 is 1.21 bits per heavy atom. The molecular weight excluding hydrogens is 374 g/mol. The number of aromatic nitrogens is 1. The lowest BCUT2D eigenvalue weighted by Gasteiger charge is -2.29. The van der Waals surface area contributed by atoms with E-state index in [4.69, 9.17) is 9.15 Å². The molecule has 1 fully saturated rings. The fourth-order valence-corrected chi connectivity index (χ4v) is 3.85. The van der Waals surface area contributed by atoms with Gasteiger partial charge in [-0.2, -0.15) is 0 Å². The van der Waals surface area contributed by atoms with Crippen molar-refractivity contribution in [2.75, 3.05) is 0 Å². The van der Waals surface area contributed by atoms with Gasteiger partial charge in [0.2, 0.25) is 11.8 Å². The summed E-state index contributed by atoms with van der Waals surface area (Å²) in [7, 11) is 0. The summed E-state index contributed by atoms with van der Waals surface area (Å²) in [6, 6.07) is 10.3. The standard InChI is InChI=1S/C21H17N3O5/c25-19-7-5-16(20(26)23-19)24-9-14-13(21(24)27)2-1-3-17(14)28-10-12-4-6-18-15(8-12)22-11-29-18/h1-4,6,8,11,16H,5,7,9-10H2,(H,23,25,26). The summed E-state index contributed by atoms with van der Waals surface area (Å²) in [5, 5.41) is 2.31. The van der Waals surface area contributed by atoms with E-state index >= 15 is 0 Å². The average molecular weight is 391 g/mol. The van der Waals surface area contributed by atoms with E-state index < -0.39 is 11.9 Å². The van der Waals surface area contributed by atoms with Crippen LogP contribution in [-0.4, -0.2) is 33.6 Å². The molecule has 29 heavy (non-hydrogen) atoms. The van der Waals surface area contributed by atoms with Crippen LogP contribution in [0.4, 0.5) is 0 Å². The number of oxazole rings is 1. The van der Waals surface area contributed by atoms with Crippen LogP contribution >= 0.6 is 0 Å². The van der Waals surface area contributed by atoms with Gasteiger partial charge in [-0.3, -0.25) is 19.7 Å². The summed E-state index contributed by atoms with van der Waals surface area (Å²) in [5.74, 6) is -0.343. The summed E-state index contributed by atoms with van der Waals surface area (Å²) in [6.07, 6.45) is 1.96. The number of piperidine rings is 1. The number of carbonyl (C=O) groups excluding carboxylic acids is 3. The van der Waals surface area contributed by atoms with Crippen LogP contribution in [0.15, 0.2) is 47.2 Å². The number of hydrogen-bond acceptors (Lipinski definition) is 6. The van der Waals surface area contributed by atoms with Gasteiger partial charge in [-0.15, -0.1) is 0 Å². The Morgan fingerprint density at radius 2 is 2.10 bits per heavy atom. The first-order chi connectivity index (χ1) is 14.1. The molecule has 1 unspecified atom stereocenters. The van der Waals surface area contributed by atoms with Crippen molar-refractivity contribution in [3.63, 3.8) is 0 Å². The normalized spacial score (nSPS) is 18.8.